The summed E-state index contributed by atoms with van der Waals surface area (Å²) in [5.74, 6) is -3.06. The van der Waals surface area contributed by atoms with Gasteiger partial charge < -0.3 is 14.6 Å². The van der Waals surface area contributed by atoms with Crippen molar-refractivity contribution in [2.24, 2.45) is 29.6 Å². The second kappa shape index (κ2) is 20.4. The molecule has 1 aliphatic carbocycles. The van der Waals surface area contributed by atoms with Crippen LogP contribution in [0.5, 0.6) is 0 Å². The Bertz CT molecular complexity index is 629. The monoisotopic (exact) mass is 524 g/mol. The second-order valence-electron chi connectivity index (χ2n) is 12.0. The van der Waals surface area contributed by atoms with Crippen molar-refractivity contribution in [3.8, 4) is 0 Å². The van der Waals surface area contributed by atoms with Gasteiger partial charge in [-0.1, -0.05) is 111 Å². The molecule has 3 atom stereocenters. The van der Waals surface area contributed by atoms with Gasteiger partial charge in [-0.25, -0.2) is 0 Å². The first-order chi connectivity index (χ1) is 17.7. The van der Waals surface area contributed by atoms with Gasteiger partial charge in [-0.15, -0.1) is 0 Å². The fraction of sp³-hybridized carbons (Fsp3) is 0.903. The van der Waals surface area contributed by atoms with Crippen LogP contribution in [-0.2, 0) is 23.9 Å². The molecule has 0 heterocycles. The molecule has 0 bridgehead atoms. The molecular formula is C31H56O6. The van der Waals surface area contributed by atoms with E-state index in [1.54, 1.807) is 0 Å². The third-order valence-electron chi connectivity index (χ3n) is 7.63. The van der Waals surface area contributed by atoms with Crippen molar-refractivity contribution in [2.75, 3.05) is 13.2 Å². The van der Waals surface area contributed by atoms with E-state index in [-0.39, 0.29) is 6.61 Å². The minimum atomic E-state index is -1.03. The van der Waals surface area contributed by atoms with Crippen molar-refractivity contribution in [2.45, 2.75) is 137 Å². The van der Waals surface area contributed by atoms with Crippen LogP contribution >= 0.6 is 0 Å². The van der Waals surface area contributed by atoms with Gasteiger partial charge >= 0.3 is 17.9 Å². The molecule has 6 nitrogen and oxygen atoms in total. The molecule has 0 aromatic rings. The highest BCUT2D eigenvalue weighted by molar-refractivity contribution is 5.87. The van der Waals surface area contributed by atoms with E-state index in [4.69, 9.17) is 9.47 Å². The molecule has 6 heteroatoms. The Morgan fingerprint density at radius 2 is 1.03 bits per heavy atom. The molecule has 1 fully saturated rings. The molecule has 0 aromatic carbocycles. The second-order valence-corrected chi connectivity index (χ2v) is 12.0. The maximum Gasteiger partial charge on any atom is 0.310 e. The zero-order valence-electron chi connectivity index (χ0n) is 24.3. The number of carboxylic acid groups (broad SMARTS) is 1. The predicted molar refractivity (Wildman–Crippen MR) is 148 cm³/mol. The van der Waals surface area contributed by atoms with E-state index in [1.807, 2.05) is 0 Å². The molecule has 0 radical (unpaired) electrons. The molecule has 216 valence electrons. The molecule has 0 saturated heterocycles. The van der Waals surface area contributed by atoms with Gasteiger partial charge in [0.25, 0.3) is 0 Å². The number of carbonyl (C=O) groups is 3. The van der Waals surface area contributed by atoms with Gasteiger partial charge in [-0.05, 0) is 37.5 Å². The largest absolute Gasteiger partial charge is 0.481 e. The third-order valence-corrected chi connectivity index (χ3v) is 7.63. The first kappa shape index (κ1) is 33.4. The summed E-state index contributed by atoms with van der Waals surface area (Å²) in [5.41, 5.74) is 0. The number of carbonyl (C=O) groups excluding carboxylic acids is 2. The quantitative estimate of drug-likeness (QED) is 0.121. The number of esters is 2. The van der Waals surface area contributed by atoms with Crippen LogP contribution in [0.4, 0.5) is 0 Å². The first-order valence-electron chi connectivity index (χ1n) is 15.3. The van der Waals surface area contributed by atoms with Gasteiger partial charge in [0.15, 0.2) is 0 Å². The van der Waals surface area contributed by atoms with Gasteiger partial charge in [0.1, 0.15) is 0 Å². The fourth-order valence-corrected chi connectivity index (χ4v) is 5.34. The molecule has 1 N–H and O–H groups in total. The Balaban J connectivity index is 2.37. The van der Waals surface area contributed by atoms with Gasteiger partial charge in [-0.2, -0.15) is 0 Å². The topological polar surface area (TPSA) is 89.9 Å². The van der Waals surface area contributed by atoms with Crippen LogP contribution < -0.4 is 0 Å². The van der Waals surface area contributed by atoms with Crippen LogP contribution in [0, 0.1) is 29.6 Å². The van der Waals surface area contributed by atoms with Crippen molar-refractivity contribution in [3.63, 3.8) is 0 Å². The van der Waals surface area contributed by atoms with E-state index in [0.29, 0.717) is 25.9 Å². The Labute approximate surface area is 226 Å². The zero-order chi connectivity index (χ0) is 27.5. The van der Waals surface area contributed by atoms with Crippen molar-refractivity contribution in [1.82, 2.24) is 0 Å². The van der Waals surface area contributed by atoms with E-state index >= 15 is 0 Å². The molecule has 3 unspecified atom stereocenters. The zero-order valence-corrected chi connectivity index (χ0v) is 24.3. The molecule has 37 heavy (non-hydrogen) atoms. The standard InChI is InChI=1S/C31H56O6/c1-24(2)18-13-9-5-7-11-15-22-36-30(34)27-21-17-20-26(29(32)33)28(27)31(35)37-23-16-12-8-6-10-14-19-25(3)4/h24-28H,5-23H2,1-4H3,(H,32,33). The van der Waals surface area contributed by atoms with E-state index < -0.39 is 35.7 Å². The SMILES string of the molecule is CC(C)CCCCCCCCOC(=O)C1CCCC(C(=O)O)C1C(=O)OCCCCCCCCC(C)C. The first-order valence-corrected chi connectivity index (χ1v) is 15.3. The van der Waals surface area contributed by atoms with Crippen molar-refractivity contribution in [3.05, 3.63) is 0 Å². The average molecular weight is 525 g/mol. The van der Waals surface area contributed by atoms with Crippen molar-refractivity contribution >= 4 is 17.9 Å². The number of carboxylic acids is 1. The molecule has 0 aromatic heterocycles. The lowest BCUT2D eigenvalue weighted by atomic mass is 9.72. The number of aliphatic carboxylic acids is 1. The predicted octanol–water partition coefficient (Wildman–Crippen LogP) is 7.96. The van der Waals surface area contributed by atoms with E-state index in [0.717, 1.165) is 50.4 Å². The summed E-state index contributed by atoms with van der Waals surface area (Å²) < 4.78 is 11.0. The van der Waals surface area contributed by atoms with Crippen LogP contribution in [0.25, 0.3) is 0 Å². The molecule has 1 rings (SSSR count). The van der Waals surface area contributed by atoms with Gasteiger partial charge in [0.2, 0.25) is 0 Å². The van der Waals surface area contributed by atoms with Crippen molar-refractivity contribution in [1.29, 1.82) is 0 Å². The fourth-order valence-electron chi connectivity index (χ4n) is 5.34. The molecule has 0 aliphatic heterocycles. The van der Waals surface area contributed by atoms with Gasteiger partial charge in [0.05, 0.1) is 31.0 Å². The summed E-state index contributed by atoms with van der Waals surface area (Å²) in [6.07, 6.45) is 17.3. The number of unbranched alkanes of at least 4 members (excludes halogenated alkanes) is 10. The van der Waals surface area contributed by atoms with Gasteiger partial charge in [-0.3, -0.25) is 14.4 Å². The van der Waals surface area contributed by atoms with Crippen molar-refractivity contribution < 1.29 is 29.0 Å². The lowest BCUT2D eigenvalue weighted by molar-refractivity contribution is -0.170. The summed E-state index contributed by atoms with van der Waals surface area (Å²) in [7, 11) is 0. The lowest BCUT2D eigenvalue weighted by Crippen LogP contribution is -2.43. The number of hydrogen-bond donors (Lipinski definition) is 1. The molecule has 0 spiro atoms. The Hall–Kier alpha value is -1.59. The van der Waals surface area contributed by atoms with E-state index in [9.17, 15) is 19.5 Å². The Morgan fingerprint density at radius 3 is 1.49 bits per heavy atom. The highest BCUT2D eigenvalue weighted by atomic mass is 16.5. The summed E-state index contributed by atoms with van der Waals surface area (Å²) in [6.45, 7) is 9.61. The van der Waals surface area contributed by atoms with Crippen LogP contribution in [-0.4, -0.2) is 36.2 Å². The maximum absolute atomic E-state index is 12.9. The molecule has 1 saturated carbocycles. The normalized spacial score (nSPS) is 19.8. The maximum atomic E-state index is 12.9. The van der Waals surface area contributed by atoms with Crippen LogP contribution in [0.3, 0.4) is 0 Å². The summed E-state index contributed by atoms with van der Waals surface area (Å²) in [5, 5.41) is 9.71. The van der Waals surface area contributed by atoms with E-state index in [2.05, 4.69) is 27.7 Å². The number of hydrogen-bond acceptors (Lipinski definition) is 5. The summed E-state index contributed by atoms with van der Waals surface area (Å²) in [4.78, 5) is 37.6. The van der Waals surface area contributed by atoms with E-state index in [1.165, 1.54) is 51.4 Å². The highest BCUT2D eigenvalue weighted by Gasteiger charge is 2.46. The number of rotatable bonds is 21. The molecule has 1 aliphatic rings. The Kier molecular flexibility index (Phi) is 18.4. The number of ether oxygens (including phenoxy) is 2. The molecular weight excluding hydrogens is 468 g/mol. The minimum absolute atomic E-state index is 0.284. The lowest BCUT2D eigenvalue weighted by Gasteiger charge is -2.33. The smallest absolute Gasteiger partial charge is 0.310 e. The van der Waals surface area contributed by atoms with Crippen LogP contribution in [0.15, 0.2) is 0 Å². The summed E-state index contributed by atoms with van der Waals surface area (Å²) >= 11 is 0. The molecule has 0 amide bonds. The third kappa shape index (κ3) is 15.4. The van der Waals surface area contributed by atoms with Crippen LogP contribution in [0.1, 0.15) is 137 Å². The summed E-state index contributed by atoms with van der Waals surface area (Å²) in [6, 6.07) is 0. The van der Waals surface area contributed by atoms with Gasteiger partial charge in [0, 0.05) is 0 Å². The average Bonchev–Trinajstić information content (AvgIpc) is 2.85. The highest BCUT2D eigenvalue weighted by Crippen LogP contribution is 2.37. The Morgan fingerprint density at radius 1 is 0.622 bits per heavy atom. The minimum Gasteiger partial charge on any atom is -0.481 e. The van der Waals surface area contributed by atoms with Crippen LogP contribution in [0.2, 0.25) is 0 Å².